The van der Waals surface area contributed by atoms with E-state index in [2.05, 4.69) is 10.1 Å². The molecule has 2 fully saturated rings. The molecule has 28 heavy (non-hydrogen) atoms. The van der Waals surface area contributed by atoms with Crippen LogP contribution in [-0.2, 0) is 16.0 Å². The summed E-state index contributed by atoms with van der Waals surface area (Å²) in [6, 6.07) is 7.36. The summed E-state index contributed by atoms with van der Waals surface area (Å²) in [7, 11) is 1.61. The van der Waals surface area contributed by atoms with Crippen LogP contribution in [0.25, 0.3) is 11.4 Å². The van der Waals surface area contributed by atoms with Gasteiger partial charge in [0, 0.05) is 31.5 Å². The van der Waals surface area contributed by atoms with Crippen LogP contribution in [0.4, 0.5) is 0 Å². The average Bonchev–Trinajstić information content (AvgIpc) is 3.21. The fraction of sp³-hybridized carbons (Fsp3) is 0.500. The van der Waals surface area contributed by atoms with Gasteiger partial charge in [0.25, 0.3) is 0 Å². The van der Waals surface area contributed by atoms with Crippen molar-refractivity contribution in [2.45, 2.75) is 32.1 Å². The minimum atomic E-state index is -0.705. The molecule has 2 aliphatic rings. The summed E-state index contributed by atoms with van der Waals surface area (Å²) in [6.45, 7) is 1.26. The first-order valence-electron chi connectivity index (χ1n) is 9.48. The van der Waals surface area contributed by atoms with Crippen molar-refractivity contribution in [3.05, 3.63) is 30.2 Å². The number of carbonyl (C=O) groups excluding carboxylic acids is 1. The summed E-state index contributed by atoms with van der Waals surface area (Å²) in [5.41, 5.74) is 0.753. The van der Waals surface area contributed by atoms with Crippen LogP contribution in [0.5, 0.6) is 5.75 Å². The Morgan fingerprint density at radius 1 is 1.29 bits per heavy atom. The van der Waals surface area contributed by atoms with Crippen molar-refractivity contribution >= 4 is 11.9 Å². The van der Waals surface area contributed by atoms with Crippen LogP contribution in [0.2, 0.25) is 0 Å². The van der Waals surface area contributed by atoms with E-state index in [4.69, 9.17) is 14.4 Å². The molecule has 0 bridgehead atoms. The molecule has 1 aliphatic carbocycles. The molecule has 8 heteroatoms. The third-order valence-electron chi connectivity index (χ3n) is 5.97. The maximum atomic E-state index is 12.5. The van der Waals surface area contributed by atoms with E-state index in [1.807, 2.05) is 29.2 Å². The van der Waals surface area contributed by atoms with Crippen molar-refractivity contribution < 1.29 is 24.0 Å². The van der Waals surface area contributed by atoms with Gasteiger partial charge in [0.15, 0.2) is 0 Å². The van der Waals surface area contributed by atoms with Crippen LogP contribution in [0.15, 0.2) is 28.8 Å². The summed E-state index contributed by atoms with van der Waals surface area (Å²) in [4.78, 5) is 29.8. The molecule has 1 aromatic heterocycles. The van der Waals surface area contributed by atoms with Gasteiger partial charge in [0.1, 0.15) is 5.75 Å². The van der Waals surface area contributed by atoms with Gasteiger partial charge in [0.2, 0.25) is 17.6 Å². The lowest BCUT2D eigenvalue weighted by Crippen LogP contribution is -2.40. The third-order valence-corrected chi connectivity index (χ3v) is 5.97. The van der Waals surface area contributed by atoms with Gasteiger partial charge >= 0.3 is 5.97 Å². The molecule has 1 unspecified atom stereocenters. The zero-order valence-electron chi connectivity index (χ0n) is 15.8. The Morgan fingerprint density at radius 2 is 2.00 bits per heavy atom. The first-order chi connectivity index (χ1) is 13.5. The van der Waals surface area contributed by atoms with Gasteiger partial charge in [-0.3, -0.25) is 9.59 Å². The van der Waals surface area contributed by atoms with Crippen molar-refractivity contribution in [1.29, 1.82) is 0 Å². The zero-order valence-corrected chi connectivity index (χ0v) is 15.8. The fourth-order valence-corrected chi connectivity index (χ4v) is 4.04. The van der Waals surface area contributed by atoms with Crippen molar-refractivity contribution in [2.24, 2.45) is 11.3 Å². The largest absolute Gasteiger partial charge is 0.497 e. The molecular formula is C20H23N3O5. The van der Waals surface area contributed by atoms with Crippen molar-refractivity contribution in [3.8, 4) is 17.1 Å². The number of hydrogen-bond acceptors (Lipinski definition) is 6. The monoisotopic (exact) mass is 385 g/mol. The summed E-state index contributed by atoms with van der Waals surface area (Å²) in [5.74, 6) is 0.788. The normalized spacial score (nSPS) is 20.2. The molecule has 1 saturated carbocycles. The number of nitrogens with zero attached hydrogens (tertiary/aromatic N) is 3. The Bertz CT molecular complexity index is 868. The molecule has 148 valence electrons. The van der Waals surface area contributed by atoms with E-state index in [0.717, 1.165) is 30.6 Å². The molecule has 4 rings (SSSR count). The van der Waals surface area contributed by atoms with E-state index in [1.54, 1.807) is 7.11 Å². The van der Waals surface area contributed by atoms with Crippen LogP contribution in [0.3, 0.4) is 0 Å². The first-order valence-corrected chi connectivity index (χ1v) is 9.48. The standard InChI is InChI=1S/C20H23N3O5/c1-27-14-4-2-13(3-5-14)18-21-16(28-22-18)6-7-17(24)23-10-8-20(9-11-23)12-15(20)19(25)26/h2-5,15H,6-12H2,1H3,(H,25,26). The lowest BCUT2D eigenvalue weighted by Gasteiger charge is -2.32. The van der Waals surface area contributed by atoms with E-state index < -0.39 is 5.97 Å². The highest BCUT2D eigenvalue weighted by atomic mass is 16.5. The van der Waals surface area contributed by atoms with Gasteiger partial charge in [-0.05, 0) is 48.9 Å². The molecule has 1 amide bonds. The van der Waals surface area contributed by atoms with Crippen molar-refractivity contribution in [2.75, 3.05) is 20.2 Å². The fourth-order valence-electron chi connectivity index (χ4n) is 4.04. The Labute approximate surface area is 162 Å². The first kappa shape index (κ1) is 18.5. The zero-order chi connectivity index (χ0) is 19.7. The van der Waals surface area contributed by atoms with Crippen LogP contribution >= 0.6 is 0 Å². The predicted octanol–water partition coefficient (Wildman–Crippen LogP) is 2.39. The van der Waals surface area contributed by atoms with Crippen LogP contribution in [-0.4, -0.2) is 52.2 Å². The molecule has 2 aromatic rings. The van der Waals surface area contributed by atoms with Crippen molar-refractivity contribution in [3.63, 3.8) is 0 Å². The summed E-state index contributed by atoms with van der Waals surface area (Å²) < 4.78 is 10.4. The highest BCUT2D eigenvalue weighted by Gasteiger charge is 2.59. The van der Waals surface area contributed by atoms with Crippen LogP contribution in [0, 0.1) is 11.3 Å². The number of aliphatic carboxylic acids is 1. The van der Waals surface area contributed by atoms with Crippen LogP contribution in [0.1, 0.15) is 31.6 Å². The molecule has 1 N–H and O–H groups in total. The lowest BCUT2D eigenvalue weighted by atomic mass is 9.90. The maximum absolute atomic E-state index is 12.5. The lowest BCUT2D eigenvalue weighted by molar-refractivity contribution is -0.139. The molecule has 1 aromatic carbocycles. The summed E-state index contributed by atoms with van der Waals surface area (Å²) >= 11 is 0. The second-order valence-corrected chi connectivity index (χ2v) is 7.58. The number of aryl methyl sites for hydroxylation is 1. The number of ether oxygens (including phenoxy) is 1. The molecule has 8 nitrogen and oxygen atoms in total. The van der Waals surface area contributed by atoms with E-state index in [-0.39, 0.29) is 17.2 Å². The minimum Gasteiger partial charge on any atom is -0.497 e. The highest BCUT2D eigenvalue weighted by molar-refractivity contribution is 5.77. The van der Waals surface area contributed by atoms with Gasteiger partial charge in [-0.1, -0.05) is 5.16 Å². The number of amides is 1. The second-order valence-electron chi connectivity index (χ2n) is 7.58. The molecule has 1 aliphatic heterocycles. The highest BCUT2D eigenvalue weighted by Crippen LogP contribution is 2.59. The molecule has 1 saturated heterocycles. The number of carboxylic acids is 1. The predicted molar refractivity (Wildman–Crippen MR) is 98.6 cm³/mol. The topological polar surface area (TPSA) is 106 Å². The summed E-state index contributed by atoms with van der Waals surface area (Å²) in [6.07, 6.45) is 3.00. The third kappa shape index (κ3) is 3.58. The van der Waals surface area contributed by atoms with Gasteiger partial charge in [-0.25, -0.2) is 0 Å². The number of likely N-dealkylation sites (tertiary alicyclic amines) is 1. The Kier molecular flexibility index (Phi) is 4.78. The molecular weight excluding hydrogens is 362 g/mol. The number of benzene rings is 1. The quantitative estimate of drug-likeness (QED) is 0.814. The number of aromatic nitrogens is 2. The van der Waals surface area contributed by atoms with Gasteiger partial charge in [-0.2, -0.15) is 4.98 Å². The Hall–Kier alpha value is -2.90. The molecule has 1 spiro atoms. The maximum Gasteiger partial charge on any atom is 0.307 e. The number of carboxylic acid groups (broad SMARTS) is 1. The number of piperidine rings is 1. The molecule has 0 radical (unpaired) electrons. The SMILES string of the molecule is COc1ccc(-c2noc(CCC(=O)N3CCC4(CC3)CC4C(=O)O)n2)cc1. The minimum absolute atomic E-state index is 0.0478. The van der Waals surface area contributed by atoms with Gasteiger partial charge in [-0.15, -0.1) is 0 Å². The number of rotatable bonds is 6. The number of carbonyl (C=O) groups is 2. The number of hydrogen-bond donors (Lipinski definition) is 1. The van der Waals surface area contributed by atoms with Crippen molar-refractivity contribution in [1.82, 2.24) is 15.0 Å². The Balaban J connectivity index is 1.27. The van der Waals surface area contributed by atoms with Gasteiger partial charge in [0.05, 0.1) is 13.0 Å². The van der Waals surface area contributed by atoms with E-state index in [0.29, 0.717) is 37.6 Å². The molecule has 2 heterocycles. The second kappa shape index (κ2) is 7.26. The smallest absolute Gasteiger partial charge is 0.307 e. The molecule has 1 atom stereocenters. The summed E-state index contributed by atoms with van der Waals surface area (Å²) in [5, 5.41) is 13.1. The van der Waals surface area contributed by atoms with E-state index in [9.17, 15) is 9.59 Å². The Morgan fingerprint density at radius 3 is 2.61 bits per heavy atom. The van der Waals surface area contributed by atoms with Crippen LogP contribution < -0.4 is 4.74 Å². The van der Waals surface area contributed by atoms with E-state index in [1.165, 1.54) is 0 Å². The average molecular weight is 385 g/mol. The number of methoxy groups -OCH3 is 1. The van der Waals surface area contributed by atoms with E-state index >= 15 is 0 Å². The van der Waals surface area contributed by atoms with Gasteiger partial charge < -0.3 is 19.3 Å².